The highest BCUT2D eigenvalue weighted by atomic mass is 32.2. The first kappa shape index (κ1) is 26.7. The molecule has 0 aliphatic carbocycles. The largest absolute Gasteiger partial charge is 0.497 e. The van der Waals surface area contributed by atoms with Crippen LogP contribution in [0, 0.1) is 20.8 Å². The van der Waals surface area contributed by atoms with Gasteiger partial charge in [-0.3, -0.25) is 4.79 Å². The first-order valence-electron chi connectivity index (χ1n) is 12.5. The number of benzene rings is 3. The Morgan fingerprint density at radius 2 is 1.51 bits per heavy atom. The number of hydrogen-bond acceptors (Lipinski definition) is 5. The summed E-state index contributed by atoms with van der Waals surface area (Å²) in [6, 6.07) is 20.2. The normalized spacial score (nSPS) is 14.9. The Balaban J connectivity index is 1.53. The molecule has 1 heterocycles. The van der Waals surface area contributed by atoms with E-state index in [9.17, 15) is 13.2 Å². The smallest absolute Gasteiger partial charge is 0.241 e. The van der Waals surface area contributed by atoms with E-state index in [1.807, 2.05) is 73.7 Å². The number of nitrogens with one attached hydrogen (secondary N) is 1. The van der Waals surface area contributed by atoms with Gasteiger partial charge < -0.3 is 14.5 Å². The number of anilines is 1. The molecule has 1 N–H and O–H groups in total. The third kappa shape index (κ3) is 6.32. The summed E-state index contributed by atoms with van der Waals surface area (Å²) in [6.07, 6.45) is 0.279. The number of carbonyl (C=O) groups is 1. The van der Waals surface area contributed by atoms with Gasteiger partial charge in [-0.2, -0.15) is 4.72 Å². The summed E-state index contributed by atoms with van der Waals surface area (Å²) in [5.41, 5.74) is 4.31. The lowest BCUT2D eigenvalue weighted by atomic mass is 10.1. The predicted octanol–water partition coefficient (Wildman–Crippen LogP) is 3.86. The first-order valence-corrected chi connectivity index (χ1v) is 14.0. The summed E-state index contributed by atoms with van der Waals surface area (Å²) in [6.45, 7) is 7.89. The lowest BCUT2D eigenvalue weighted by Gasteiger charge is -2.37. The van der Waals surface area contributed by atoms with E-state index >= 15 is 0 Å². The molecule has 1 fully saturated rings. The summed E-state index contributed by atoms with van der Waals surface area (Å²) < 4.78 is 35.1. The van der Waals surface area contributed by atoms with Crippen molar-refractivity contribution < 1.29 is 17.9 Å². The summed E-state index contributed by atoms with van der Waals surface area (Å²) >= 11 is 0. The van der Waals surface area contributed by atoms with Gasteiger partial charge >= 0.3 is 0 Å². The number of hydrogen-bond donors (Lipinski definition) is 1. The van der Waals surface area contributed by atoms with Crippen molar-refractivity contribution in [3.05, 3.63) is 89.0 Å². The Morgan fingerprint density at radius 1 is 0.919 bits per heavy atom. The number of methoxy groups -OCH3 is 1. The van der Waals surface area contributed by atoms with Crippen molar-refractivity contribution in [2.45, 2.75) is 38.1 Å². The molecule has 0 radical (unpaired) electrons. The van der Waals surface area contributed by atoms with Crippen LogP contribution >= 0.6 is 0 Å². The molecule has 3 aromatic carbocycles. The summed E-state index contributed by atoms with van der Waals surface area (Å²) in [5.74, 6) is 0.594. The molecule has 1 aliphatic rings. The average molecular weight is 522 g/mol. The van der Waals surface area contributed by atoms with Crippen LogP contribution in [0.1, 0.15) is 22.3 Å². The molecule has 4 rings (SSSR count). The van der Waals surface area contributed by atoms with Crippen LogP contribution in [0.2, 0.25) is 0 Å². The zero-order valence-electron chi connectivity index (χ0n) is 21.9. The Kier molecular flexibility index (Phi) is 8.19. The SMILES string of the molecule is COc1ccc(N2CCN(C(=O)[C@H](Cc3ccccc3)NS(=O)(=O)c3c(C)cc(C)cc3C)CC2)cc1. The molecule has 196 valence electrons. The molecule has 1 saturated heterocycles. The summed E-state index contributed by atoms with van der Waals surface area (Å²) in [5, 5.41) is 0. The van der Waals surface area contributed by atoms with Crippen LogP contribution in [-0.4, -0.2) is 58.6 Å². The Labute approximate surface area is 220 Å². The first-order chi connectivity index (χ1) is 17.7. The molecule has 0 unspecified atom stereocenters. The van der Waals surface area contributed by atoms with Crippen LogP contribution in [0.3, 0.4) is 0 Å². The quantitative estimate of drug-likeness (QED) is 0.487. The maximum Gasteiger partial charge on any atom is 0.241 e. The molecule has 1 atom stereocenters. The van der Waals surface area contributed by atoms with Crippen molar-refractivity contribution in [3.8, 4) is 5.75 Å². The molecular weight excluding hydrogens is 486 g/mol. The Morgan fingerprint density at radius 3 is 2.08 bits per heavy atom. The monoisotopic (exact) mass is 521 g/mol. The van der Waals surface area contributed by atoms with Crippen molar-refractivity contribution in [3.63, 3.8) is 0 Å². The Bertz CT molecular complexity index is 1310. The second-order valence-electron chi connectivity index (χ2n) is 9.60. The maximum absolute atomic E-state index is 13.7. The molecule has 0 spiro atoms. The molecule has 3 aromatic rings. The van der Waals surface area contributed by atoms with E-state index in [0.29, 0.717) is 37.3 Å². The lowest BCUT2D eigenvalue weighted by Crippen LogP contribution is -2.55. The van der Waals surface area contributed by atoms with Crippen LogP contribution in [-0.2, 0) is 21.2 Å². The van der Waals surface area contributed by atoms with Gasteiger partial charge in [0, 0.05) is 31.9 Å². The van der Waals surface area contributed by atoms with Gasteiger partial charge in [0.15, 0.2) is 0 Å². The van der Waals surface area contributed by atoms with E-state index in [1.165, 1.54) is 0 Å². The number of aryl methyl sites for hydroxylation is 3. The second-order valence-corrected chi connectivity index (χ2v) is 11.3. The molecule has 7 nitrogen and oxygen atoms in total. The lowest BCUT2D eigenvalue weighted by molar-refractivity contribution is -0.133. The molecule has 0 aromatic heterocycles. The van der Waals surface area contributed by atoms with Crippen molar-refractivity contribution in [1.82, 2.24) is 9.62 Å². The molecule has 0 saturated carbocycles. The van der Waals surface area contributed by atoms with Crippen molar-refractivity contribution in [2.75, 3.05) is 38.2 Å². The number of carbonyl (C=O) groups excluding carboxylic acids is 1. The maximum atomic E-state index is 13.7. The summed E-state index contributed by atoms with van der Waals surface area (Å²) in [4.78, 5) is 18.0. The van der Waals surface area contributed by atoms with Crippen LogP contribution < -0.4 is 14.4 Å². The van der Waals surface area contributed by atoms with Gasteiger partial charge in [-0.25, -0.2) is 8.42 Å². The molecule has 1 amide bonds. The van der Waals surface area contributed by atoms with Gasteiger partial charge in [-0.15, -0.1) is 0 Å². The number of piperazine rings is 1. The van der Waals surface area contributed by atoms with Gasteiger partial charge in [0.05, 0.1) is 12.0 Å². The van der Waals surface area contributed by atoms with E-state index in [1.54, 1.807) is 25.9 Å². The molecular formula is C29H35N3O4S. The van der Waals surface area contributed by atoms with E-state index in [0.717, 1.165) is 22.6 Å². The van der Waals surface area contributed by atoms with Crippen LogP contribution in [0.5, 0.6) is 5.75 Å². The highest BCUT2D eigenvalue weighted by Gasteiger charge is 2.32. The highest BCUT2D eigenvalue weighted by Crippen LogP contribution is 2.24. The standard InChI is InChI=1S/C29H35N3O4S/c1-21-18-22(2)28(23(3)19-21)37(34,35)30-27(20-24-8-6-5-7-9-24)29(33)32-16-14-31(15-17-32)25-10-12-26(36-4)13-11-25/h5-13,18-19,27,30H,14-17,20H2,1-4H3/t27-/m0/s1. The second kappa shape index (κ2) is 11.4. The fraction of sp³-hybridized carbons (Fsp3) is 0.345. The average Bonchev–Trinajstić information content (AvgIpc) is 2.88. The van der Waals surface area contributed by atoms with Crippen molar-refractivity contribution in [1.29, 1.82) is 0 Å². The summed E-state index contributed by atoms with van der Waals surface area (Å²) in [7, 11) is -2.28. The van der Waals surface area contributed by atoms with Gasteiger partial charge in [0.25, 0.3) is 0 Å². The van der Waals surface area contributed by atoms with Crippen LogP contribution in [0.15, 0.2) is 71.6 Å². The third-order valence-corrected chi connectivity index (χ3v) is 8.56. The highest BCUT2D eigenvalue weighted by molar-refractivity contribution is 7.89. The van der Waals surface area contributed by atoms with E-state index in [-0.39, 0.29) is 17.2 Å². The van der Waals surface area contributed by atoms with Gasteiger partial charge in [-0.1, -0.05) is 48.0 Å². The number of ether oxygens (including phenoxy) is 1. The minimum atomic E-state index is -3.92. The number of rotatable bonds is 8. The topological polar surface area (TPSA) is 79.0 Å². The molecule has 0 bridgehead atoms. The minimum Gasteiger partial charge on any atom is -0.497 e. The number of nitrogens with zero attached hydrogens (tertiary/aromatic N) is 2. The molecule has 37 heavy (non-hydrogen) atoms. The van der Waals surface area contributed by atoms with E-state index in [4.69, 9.17) is 4.74 Å². The Hall–Kier alpha value is -3.36. The zero-order valence-corrected chi connectivity index (χ0v) is 22.7. The van der Waals surface area contributed by atoms with Gasteiger partial charge in [-0.05, 0) is 68.1 Å². The zero-order chi connectivity index (χ0) is 26.6. The third-order valence-electron chi connectivity index (χ3n) is 6.78. The van der Waals surface area contributed by atoms with Crippen LogP contribution in [0.25, 0.3) is 0 Å². The fourth-order valence-corrected chi connectivity index (χ4v) is 6.71. The molecule has 1 aliphatic heterocycles. The fourth-order valence-electron chi connectivity index (χ4n) is 5.06. The number of sulfonamides is 1. The van der Waals surface area contributed by atoms with Gasteiger partial charge in [0.1, 0.15) is 11.8 Å². The number of amides is 1. The van der Waals surface area contributed by atoms with E-state index < -0.39 is 16.1 Å². The van der Waals surface area contributed by atoms with Crippen molar-refractivity contribution in [2.24, 2.45) is 0 Å². The van der Waals surface area contributed by atoms with Crippen LogP contribution in [0.4, 0.5) is 5.69 Å². The minimum absolute atomic E-state index is 0.204. The van der Waals surface area contributed by atoms with E-state index in [2.05, 4.69) is 9.62 Å². The molecule has 8 heteroatoms. The van der Waals surface area contributed by atoms with Gasteiger partial charge in [0.2, 0.25) is 15.9 Å². The van der Waals surface area contributed by atoms with Crippen molar-refractivity contribution >= 4 is 21.6 Å². The predicted molar refractivity (Wildman–Crippen MR) is 147 cm³/mol.